The van der Waals surface area contributed by atoms with Crippen molar-refractivity contribution in [3.05, 3.63) is 72.4 Å². The molecule has 16 heteroatoms. The minimum absolute atomic E-state index is 0.0197. The Kier molecular flexibility index (Phi) is 14.4. The molecular weight excluding hydrogens is 779 g/mol. The average molecular weight is 834 g/mol. The van der Waals surface area contributed by atoms with E-state index in [4.69, 9.17) is 4.74 Å². The van der Waals surface area contributed by atoms with E-state index in [2.05, 4.69) is 42.3 Å². The number of nitrogens with one attached hydrogen (secondary N) is 4. The molecule has 3 fully saturated rings. The van der Waals surface area contributed by atoms with E-state index in [1.54, 1.807) is 33.0 Å². The number of hydrogen-bond acceptors (Lipinski definition) is 11. The Labute approximate surface area is 356 Å². The highest BCUT2D eigenvalue weighted by Gasteiger charge is 2.47. The van der Waals surface area contributed by atoms with Gasteiger partial charge >= 0.3 is 0 Å². The molecular formula is C45H55N9O7. The molecule has 61 heavy (non-hydrogen) atoms. The summed E-state index contributed by atoms with van der Waals surface area (Å²) in [5.41, 5.74) is 0.849. The predicted molar refractivity (Wildman–Crippen MR) is 223 cm³/mol. The van der Waals surface area contributed by atoms with E-state index in [9.17, 15) is 34.0 Å². The van der Waals surface area contributed by atoms with Crippen LogP contribution in [0.15, 0.2) is 61.2 Å². The number of aromatic nitrogens is 3. The van der Waals surface area contributed by atoms with Crippen molar-refractivity contribution in [3.63, 3.8) is 0 Å². The van der Waals surface area contributed by atoms with E-state index < -0.39 is 71.0 Å². The average Bonchev–Trinajstić information content (AvgIpc) is 3.99. The van der Waals surface area contributed by atoms with Crippen LogP contribution in [-0.4, -0.2) is 98.0 Å². The number of nitriles is 1. The monoisotopic (exact) mass is 833 g/mol. The molecule has 2 aromatic heterocycles. The van der Waals surface area contributed by atoms with E-state index in [-0.39, 0.29) is 48.5 Å². The zero-order valence-corrected chi connectivity index (χ0v) is 35.2. The first kappa shape index (κ1) is 44.3. The molecule has 2 saturated carbocycles. The number of nitrogens with zero attached hydrogens (tertiary/aromatic N) is 5. The summed E-state index contributed by atoms with van der Waals surface area (Å²) in [7, 11) is 0. The number of carbonyl (C=O) groups is 6. The first-order valence-corrected chi connectivity index (χ1v) is 21.2. The number of rotatable bonds is 16. The molecule has 1 aliphatic heterocycles. The Morgan fingerprint density at radius 3 is 2.30 bits per heavy atom. The summed E-state index contributed by atoms with van der Waals surface area (Å²) in [5, 5.41) is 21.4. The van der Waals surface area contributed by atoms with E-state index in [1.807, 2.05) is 37.3 Å². The van der Waals surface area contributed by atoms with Gasteiger partial charge in [0.2, 0.25) is 29.4 Å². The second-order valence-electron chi connectivity index (χ2n) is 17.2. The molecule has 0 spiro atoms. The summed E-state index contributed by atoms with van der Waals surface area (Å²) in [6.07, 6.45) is 11.2. The van der Waals surface area contributed by atoms with E-state index in [1.165, 1.54) is 23.5 Å². The normalized spacial score (nSPS) is 19.4. The third-order valence-corrected chi connectivity index (χ3v) is 11.4. The number of likely N-dealkylation sites (tertiary alicyclic amines) is 1. The first-order valence-electron chi connectivity index (χ1n) is 21.2. The number of ketones is 1. The summed E-state index contributed by atoms with van der Waals surface area (Å²) in [6, 6.07) is 8.63. The quantitative estimate of drug-likeness (QED) is 0.152. The summed E-state index contributed by atoms with van der Waals surface area (Å²) in [6.45, 7) is 7.06. The van der Waals surface area contributed by atoms with Crippen LogP contribution >= 0.6 is 0 Å². The molecule has 1 aromatic carbocycles. The van der Waals surface area contributed by atoms with Gasteiger partial charge in [-0.25, -0.2) is 9.97 Å². The minimum Gasteiger partial charge on any atom is -0.471 e. The molecule has 5 amide bonds. The van der Waals surface area contributed by atoms with Gasteiger partial charge in [0.15, 0.2) is 0 Å². The lowest BCUT2D eigenvalue weighted by Gasteiger charge is -2.37. The van der Waals surface area contributed by atoms with E-state index >= 15 is 0 Å². The number of pyridine rings is 1. The molecule has 3 aliphatic rings. The van der Waals surface area contributed by atoms with Gasteiger partial charge in [-0.2, -0.15) is 5.26 Å². The topological polar surface area (TPSA) is 225 Å². The van der Waals surface area contributed by atoms with Crippen LogP contribution < -0.4 is 26.0 Å². The van der Waals surface area contributed by atoms with Crippen LogP contribution in [0.4, 0.5) is 0 Å². The van der Waals surface area contributed by atoms with Gasteiger partial charge in [-0.15, -0.1) is 0 Å². The Bertz CT molecular complexity index is 2110. The van der Waals surface area contributed by atoms with Crippen LogP contribution in [0.1, 0.15) is 108 Å². The van der Waals surface area contributed by atoms with Crippen LogP contribution in [0.5, 0.6) is 5.88 Å². The summed E-state index contributed by atoms with van der Waals surface area (Å²) >= 11 is 0. The van der Waals surface area contributed by atoms with Gasteiger partial charge < -0.3 is 30.9 Å². The molecule has 3 aromatic rings. The maximum absolute atomic E-state index is 15.0. The fraction of sp³-hybridized carbons (Fsp3) is 0.511. The molecule has 3 unspecified atom stereocenters. The van der Waals surface area contributed by atoms with Crippen molar-refractivity contribution < 1.29 is 33.5 Å². The highest BCUT2D eigenvalue weighted by Crippen LogP contribution is 2.32. The van der Waals surface area contributed by atoms with Gasteiger partial charge in [0.1, 0.15) is 41.6 Å². The number of carbonyl (C=O) groups excluding carboxylic acids is 6. The van der Waals surface area contributed by atoms with Gasteiger partial charge in [0, 0.05) is 36.6 Å². The highest BCUT2D eigenvalue weighted by atomic mass is 16.5. The third kappa shape index (κ3) is 11.3. The van der Waals surface area contributed by atoms with Gasteiger partial charge in [-0.1, -0.05) is 83.7 Å². The van der Waals surface area contributed by atoms with Crippen molar-refractivity contribution >= 4 is 35.3 Å². The van der Waals surface area contributed by atoms with Crippen molar-refractivity contribution in [2.24, 2.45) is 11.3 Å². The highest BCUT2D eigenvalue weighted by molar-refractivity contribution is 6.38. The molecule has 0 bridgehead atoms. The van der Waals surface area contributed by atoms with Crippen LogP contribution in [0.2, 0.25) is 0 Å². The van der Waals surface area contributed by atoms with Crippen LogP contribution in [0.25, 0.3) is 11.1 Å². The third-order valence-electron chi connectivity index (χ3n) is 11.4. The second-order valence-corrected chi connectivity index (χ2v) is 17.2. The molecule has 5 atom stereocenters. The van der Waals surface area contributed by atoms with E-state index in [0.29, 0.717) is 24.8 Å². The first-order chi connectivity index (χ1) is 29.3. The number of ether oxygens (including phenoxy) is 1. The SMILES string of the molecule is CCCC(NC(=O)[C@@H]1C[C@@H](Oc2ncc(-c3ccccc3)cc2C#N)CN1C(=O)C(NC(=O)C(NC(=O)c1cnccn1)C1CCCCC1)C(C)(C)C)C(=O)C(=O)NC1CC1. The lowest BCUT2D eigenvalue weighted by molar-refractivity contribution is -0.145. The molecule has 2 aliphatic carbocycles. The second kappa shape index (κ2) is 19.9. The van der Waals surface area contributed by atoms with Crippen LogP contribution in [0.3, 0.4) is 0 Å². The number of Topliss-reactive ketones (excluding diaryl/α,β-unsaturated/α-hetero) is 1. The summed E-state index contributed by atoms with van der Waals surface area (Å²) in [4.78, 5) is 97.1. The molecule has 4 N–H and O–H groups in total. The van der Waals surface area contributed by atoms with Crippen molar-refractivity contribution in [1.82, 2.24) is 41.1 Å². The lowest BCUT2D eigenvalue weighted by Crippen LogP contribution is -2.62. The number of hydrogen-bond donors (Lipinski definition) is 4. The zero-order valence-electron chi connectivity index (χ0n) is 35.2. The number of benzene rings is 1. The molecule has 322 valence electrons. The molecule has 3 heterocycles. The largest absolute Gasteiger partial charge is 0.471 e. The summed E-state index contributed by atoms with van der Waals surface area (Å²) in [5.74, 6) is -4.12. The van der Waals surface area contributed by atoms with Crippen LogP contribution in [0, 0.1) is 22.7 Å². The minimum atomic E-state index is -1.20. The Morgan fingerprint density at radius 1 is 0.918 bits per heavy atom. The van der Waals surface area contributed by atoms with Crippen molar-refractivity contribution in [1.29, 1.82) is 5.26 Å². The smallest absolute Gasteiger partial charge is 0.289 e. The van der Waals surface area contributed by atoms with Gasteiger partial charge in [0.05, 0.1) is 18.8 Å². The Morgan fingerprint density at radius 2 is 1.66 bits per heavy atom. The maximum Gasteiger partial charge on any atom is 0.289 e. The Balaban J connectivity index is 1.28. The van der Waals surface area contributed by atoms with Crippen LogP contribution in [-0.2, 0) is 24.0 Å². The fourth-order valence-electron chi connectivity index (χ4n) is 7.96. The van der Waals surface area contributed by atoms with Gasteiger partial charge in [-0.05, 0) is 55.1 Å². The van der Waals surface area contributed by atoms with Gasteiger partial charge in [-0.3, -0.25) is 33.8 Å². The lowest BCUT2D eigenvalue weighted by atomic mass is 9.82. The molecule has 1 saturated heterocycles. The van der Waals surface area contributed by atoms with E-state index in [0.717, 1.165) is 37.7 Å². The van der Waals surface area contributed by atoms with Crippen molar-refractivity contribution in [2.45, 2.75) is 128 Å². The Hall–Kier alpha value is -6.24. The number of amides is 5. The molecule has 6 rings (SSSR count). The standard InChI is InChI=1S/C45H55N9O7/c1-5-12-33(37(55)42(59)50-31-17-18-31)51-40(57)35-22-32(61-43-29(23-46)21-30(24-49-43)27-13-8-6-9-14-27)26-54(35)44(60)38(45(2,3)4)53-41(58)36(28-15-10-7-11-16-28)52-39(56)34-25-47-19-20-48-34/h6,8-9,13-14,19-21,24-25,28,31-33,35-36,38H,5,7,10-12,15-18,22,26H2,1-4H3,(H,50,59)(H,51,57)(H,52,56)(H,53,58)/t32-,33?,35+,36?,38?/m1/s1. The maximum atomic E-state index is 15.0. The van der Waals surface area contributed by atoms with Crippen molar-refractivity contribution in [3.8, 4) is 23.1 Å². The summed E-state index contributed by atoms with van der Waals surface area (Å²) < 4.78 is 6.30. The van der Waals surface area contributed by atoms with Crippen molar-refractivity contribution in [2.75, 3.05) is 6.54 Å². The molecule has 0 radical (unpaired) electrons. The fourth-order valence-corrected chi connectivity index (χ4v) is 7.96. The van der Waals surface area contributed by atoms with Gasteiger partial charge in [0.25, 0.3) is 11.8 Å². The molecule has 16 nitrogen and oxygen atoms in total. The zero-order chi connectivity index (χ0) is 43.7. The predicted octanol–water partition coefficient (Wildman–Crippen LogP) is 3.80.